The first-order chi connectivity index (χ1) is 23.2. The largest absolute Gasteiger partial charge is 0.435 e. The van der Waals surface area contributed by atoms with Crippen LogP contribution in [0.15, 0.2) is 65.2 Å². The highest BCUT2D eigenvalue weighted by atomic mass is 19.3. The fourth-order valence-electron chi connectivity index (χ4n) is 6.23. The molecule has 3 aromatic heterocycles. The number of nitrogens with one attached hydrogen (secondary N) is 1. The number of β-amino-alcohol motifs (C(OH)–C–C–N with tert-alkyl or cyclic N) is 1. The van der Waals surface area contributed by atoms with Crippen molar-refractivity contribution in [3.63, 3.8) is 0 Å². The zero-order valence-electron chi connectivity index (χ0n) is 26.0. The minimum atomic E-state index is -2.88. The number of hydrogen-bond acceptors (Lipinski definition) is 10. The van der Waals surface area contributed by atoms with Gasteiger partial charge in [0.25, 0.3) is 6.43 Å². The van der Waals surface area contributed by atoms with Crippen LogP contribution in [-0.4, -0.2) is 55.4 Å². The summed E-state index contributed by atoms with van der Waals surface area (Å²) in [7, 11) is 0. The van der Waals surface area contributed by atoms with Gasteiger partial charge in [-0.15, -0.1) is 0 Å². The van der Waals surface area contributed by atoms with Crippen molar-refractivity contribution in [2.75, 3.05) is 18.4 Å². The molecule has 4 heterocycles. The molecule has 12 heteroatoms. The fraction of sp³-hybridized carbons (Fsp3) is 0.222. The molecule has 1 aliphatic rings. The lowest BCUT2D eigenvalue weighted by Crippen LogP contribution is -2.21. The minimum Gasteiger partial charge on any atom is -0.435 e. The predicted molar refractivity (Wildman–Crippen MR) is 176 cm³/mol. The monoisotopic (exact) mass is 645 g/mol. The summed E-state index contributed by atoms with van der Waals surface area (Å²) in [5.41, 5.74) is 7.58. The van der Waals surface area contributed by atoms with Gasteiger partial charge >= 0.3 is 0 Å². The summed E-state index contributed by atoms with van der Waals surface area (Å²) in [5, 5.41) is 22.7. The van der Waals surface area contributed by atoms with Crippen LogP contribution < -0.4 is 5.32 Å². The first-order valence-electron chi connectivity index (χ1n) is 15.3. The van der Waals surface area contributed by atoms with Gasteiger partial charge in [0.1, 0.15) is 23.4 Å². The zero-order valence-corrected chi connectivity index (χ0v) is 26.0. The summed E-state index contributed by atoms with van der Waals surface area (Å²) in [4.78, 5) is 30.9. The van der Waals surface area contributed by atoms with E-state index in [9.17, 15) is 23.9 Å². The van der Waals surface area contributed by atoms with E-state index in [1.807, 2.05) is 50.2 Å². The Bertz CT molecular complexity index is 2260. The molecule has 0 spiro atoms. The molecular weight excluding hydrogens is 616 g/mol. The average molecular weight is 646 g/mol. The molecule has 7 rings (SSSR count). The Labute approximate surface area is 273 Å². The minimum absolute atomic E-state index is 0.165. The molecule has 0 saturated carbocycles. The van der Waals surface area contributed by atoms with Crippen LogP contribution in [0.25, 0.3) is 44.7 Å². The third-order valence-electron chi connectivity index (χ3n) is 8.67. The number of benzene rings is 3. The van der Waals surface area contributed by atoms with Crippen LogP contribution in [0.5, 0.6) is 0 Å². The Morgan fingerprint density at radius 2 is 1.83 bits per heavy atom. The van der Waals surface area contributed by atoms with E-state index >= 15 is 0 Å². The van der Waals surface area contributed by atoms with Crippen LogP contribution in [-0.2, 0) is 6.54 Å². The Balaban J connectivity index is 1.25. The predicted octanol–water partition coefficient (Wildman–Crippen LogP) is 7.05. The summed E-state index contributed by atoms with van der Waals surface area (Å²) < 4.78 is 34.0. The number of carbonyl (C=O) groups is 1. The summed E-state index contributed by atoms with van der Waals surface area (Å²) >= 11 is 0. The highest BCUT2D eigenvalue weighted by Gasteiger charge is 2.22. The van der Waals surface area contributed by atoms with Gasteiger partial charge in [-0.2, -0.15) is 5.26 Å². The van der Waals surface area contributed by atoms with Gasteiger partial charge in [-0.1, -0.05) is 24.3 Å². The molecule has 1 atom stereocenters. The zero-order chi connectivity index (χ0) is 33.5. The molecule has 1 aliphatic heterocycles. The summed E-state index contributed by atoms with van der Waals surface area (Å²) in [6, 6.07) is 18.3. The number of aromatic nitrogens is 4. The number of pyridine rings is 1. The lowest BCUT2D eigenvalue weighted by molar-refractivity contribution is 0.112. The topological polar surface area (TPSA) is 141 Å². The maximum atomic E-state index is 14.0. The van der Waals surface area contributed by atoms with E-state index < -0.39 is 12.2 Å². The molecule has 1 saturated heterocycles. The number of anilines is 2. The SMILES string of the molecule is Cc1c(Nc2nc(C(F)F)nc3cc(CN4CC[C@@H](O)C4)cnc23)cccc1-c1cccc(-c2nc3cc(C=O)cc(C#N)c3o2)c1C. The van der Waals surface area contributed by atoms with Crippen molar-refractivity contribution in [1.82, 2.24) is 24.8 Å². The molecule has 3 aromatic carbocycles. The van der Waals surface area contributed by atoms with Gasteiger partial charge in [0.2, 0.25) is 5.89 Å². The van der Waals surface area contributed by atoms with E-state index in [2.05, 4.69) is 36.2 Å². The highest BCUT2D eigenvalue weighted by molar-refractivity contribution is 5.91. The van der Waals surface area contributed by atoms with Crippen molar-refractivity contribution < 1.29 is 23.1 Å². The number of aldehydes is 1. The van der Waals surface area contributed by atoms with Gasteiger partial charge in [-0.05, 0) is 78.4 Å². The Hall–Kier alpha value is -5.64. The highest BCUT2D eigenvalue weighted by Crippen LogP contribution is 2.38. The fourth-order valence-corrected chi connectivity index (χ4v) is 6.23. The van der Waals surface area contributed by atoms with Crippen LogP contribution in [0.1, 0.15) is 51.3 Å². The lowest BCUT2D eigenvalue weighted by Gasteiger charge is -2.17. The van der Waals surface area contributed by atoms with E-state index in [1.165, 1.54) is 6.07 Å². The number of hydrogen-bond donors (Lipinski definition) is 2. The number of carbonyl (C=O) groups excluding carboxylic acids is 1. The summed E-state index contributed by atoms with van der Waals surface area (Å²) in [5.74, 6) is -0.121. The smallest absolute Gasteiger partial charge is 0.297 e. The second-order valence-electron chi connectivity index (χ2n) is 11.9. The number of rotatable bonds is 8. The molecule has 1 fully saturated rings. The van der Waals surface area contributed by atoms with E-state index in [1.54, 1.807) is 18.3 Å². The molecular formula is C36H29F2N7O3. The van der Waals surface area contributed by atoms with Crippen molar-refractivity contribution in [3.05, 3.63) is 94.4 Å². The van der Waals surface area contributed by atoms with Crippen LogP contribution >= 0.6 is 0 Å². The number of aliphatic hydroxyl groups excluding tert-OH is 1. The number of likely N-dealkylation sites (tertiary alicyclic amines) is 1. The van der Waals surface area contributed by atoms with Crippen molar-refractivity contribution in [2.45, 2.75) is 39.3 Å². The standard InChI is InChI=1S/C36H29F2N7O3/c1-19-25(5-3-7-27(19)36-43-30-12-21(18-46)11-23(14-39)32(30)48-36)26-6-4-8-28(20(26)2)41-34-31-29(42-35(44-34)33(37)38)13-22(15-40-31)16-45-10-9-24(47)17-45/h3-8,11-13,15,18,24,33,47H,9-10,16-17H2,1-2H3,(H,41,42,44)/t24-/m1/s1. The number of nitrogens with zero attached hydrogens (tertiary/aromatic N) is 6. The molecule has 48 heavy (non-hydrogen) atoms. The van der Waals surface area contributed by atoms with E-state index in [0.717, 1.165) is 34.4 Å². The normalized spacial score (nSPS) is 15.0. The number of alkyl halides is 2. The van der Waals surface area contributed by atoms with Gasteiger partial charge in [0.05, 0.1) is 17.2 Å². The Morgan fingerprint density at radius 1 is 1.06 bits per heavy atom. The lowest BCUT2D eigenvalue weighted by atomic mass is 9.93. The first kappa shape index (κ1) is 31.0. The van der Waals surface area contributed by atoms with E-state index in [0.29, 0.717) is 70.6 Å². The second kappa shape index (κ2) is 12.5. The van der Waals surface area contributed by atoms with Crippen molar-refractivity contribution in [1.29, 1.82) is 5.26 Å². The summed E-state index contributed by atoms with van der Waals surface area (Å²) in [6.07, 6.45) is -0.208. The molecule has 0 bridgehead atoms. The van der Waals surface area contributed by atoms with Crippen LogP contribution in [0.2, 0.25) is 0 Å². The average Bonchev–Trinajstić information content (AvgIpc) is 3.70. The number of halogens is 2. The molecule has 10 nitrogen and oxygen atoms in total. The Kier molecular flexibility index (Phi) is 8.08. The summed E-state index contributed by atoms with van der Waals surface area (Å²) in [6.45, 7) is 5.69. The van der Waals surface area contributed by atoms with Crippen LogP contribution in [0, 0.1) is 25.2 Å². The van der Waals surface area contributed by atoms with E-state index in [-0.39, 0.29) is 17.5 Å². The van der Waals surface area contributed by atoms with Crippen molar-refractivity contribution >= 4 is 39.9 Å². The van der Waals surface area contributed by atoms with Gasteiger partial charge < -0.3 is 14.8 Å². The quantitative estimate of drug-likeness (QED) is 0.165. The maximum Gasteiger partial charge on any atom is 0.297 e. The van der Waals surface area contributed by atoms with Gasteiger partial charge in [0, 0.05) is 42.6 Å². The number of fused-ring (bicyclic) bond motifs is 2. The molecule has 0 unspecified atom stereocenters. The number of nitriles is 1. The second-order valence-corrected chi connectivity index (χ2v) is 11.9. The molecule has 0 aliphatic carbocycles. The van der Waals surface area contributed by atoms with Gasteiger partial charge in [0.15, 0.2) is 17.2 Å². The molecule has 0 radical (unpaired) electrons. The van der Waals surface area contributed by atoms with Crippen molar-refractivity contribution in [3.8, 4) is 28.7 Å². The molecule has 0 amide bonds. The Morgan fingerprint density at radius 3 is 2.56 bits per heavy atom. The third-order valence-corrected chi connectivity index (χ3v) is 8.67. The molecule has 6 aromatic rings. The third kappa shape index (κ3) is 5.74. The van der Waals surface area contributed by atoms with Gasteiger partial charge in [-0.3, -0.25) is 14.7 Å². The van der Waals surface area contributed by atoms with Crippen molar-refractivity contribution in [2.24, 2.45) is 0 Å². The van der Waals surface area contributed by atoms with Crippen LogP contribution in [0.3, 0.4) is 0 Å². The maximum absolute atomic E-state index is 14.0. The van der Waals surface area contributed by atoms with E-state index in [4.69, 9.17) is 4.42 Å². The van der Waals surface area contributed by atoms with Gasteiger partial charge in [-0.25, -0.2) is 23.7 Å². The number of aliphatic hydroxyl groups is 1. The first-order valence-corrected chi connectivity index (χ1v) is 15.3. The number of oxazole rings is 1. The molecule has 240 valence electrons. The van der Waals surface area contributed by atoms with Crippen LogP contribution in [0.4, 0.5) is 20.3 Å². The molecule has 2 N–H and O–H groups in total.